The van der Waals surface area contributed by atoms with Gasteiger partial charge in [0, 0.05) is 62.5 Å². The van der Waals surface area contributed by atoms with Crippen molar-refractivity contribution >= 4 is 63.9 Å². The SMILES string of the molecule is ClCCl.O=C1CN(C2CCC(CNc3nc(NCc4ccccc4OC(F)(F)F)ncc3[N+](=O)[O-])CC2)C1.O=[N+]([O-])c1cnc(NCc2ccccc2OC(F)(F)F)nc1NCC1CCC(N2CC(O)C2)CC1. The third-order valence-corrected chi connectivity index (χ3v) is 12.6. The van der Waals surface area contributed by atoms with Crippen molar-refractivity contribution in [3.8, 4) is 11.5 Å². The summed E-state index contributed by atoms with van der Waals surface area (Å²) in [5.41, 5.74) is -0.113. The first-order valence-corrected chi connectivity index (χ1v) is 24.3. The van der Waals surface area contributed by atoms with Crippen LogP contribution in [-0.2, 0) is 17.9 Å². The average Bonchev–Trinajstić information content (AvgIpc) is 3.32. The van der Waals surface area contributed by atoms with Crippen LogP contribution in [0.3, 0.4) is 0 Å². The monoisotopic (exact) mass is 1070 g/mol. The molecule has 5 N–H and O–H groups in total. The molecular formula is C45H54Cl2F6N12O8. The maximum atomic E-state index is 12.6. The van der Waals surface area contributed by atoms with E-state index in [2.05, 4.69) is 60.5 Å². The van der Waals surface area contributed by atoms with Crippen molar-refractivity contribution in [3.63, 3.8) is 0 Å². The first-order chi connectivity index (χ1) is 34.8. The van der Waals surface area contributed by atoms with Crippen molar-refractivity contribution in [1.29, 1.82) is 0 Å². The summed E-state index contributed by atoms with van der Waals surface area (Å²) < 4.78 is 83.9. The predicted octanol–water partition coefficient (Wildman–Crippen LogP) is 8.72. The minimum Gasteiger partial charge on any atom is -0.405 e. The van der Waals surface area contributed by atoms with E-state index in [4.69, 9.17) is 23.2 Å². The lowest BCUT2D eigenvalue weighted by Crippen LogP contribution is -2.56. The fourth-order valence-corrected chi connectivity index (χ4v) is 8.91. The molecule has 20 nitrogen and oxygen atoms in total. The Bertz CT molecular complexity index is 2460. The number of ketones is 1. The number of carbonyl (C=O) groups is 1. The number of anilines is 4. The fourth-order valence-electron chi connectivity index (χ4n) is 8.91. The molecule has 73 heavy (non-hydrogen) atoms. The van der Waals surface area contributed by atoms with E-state index in [1.54, 1.807) is 12.1 Å². The van der Waals surface area contributed by atoms with Gasteiger partial charge < -0.3 is 35.8 Å². The van der Waals surface area contributed by atoms with Crippen molar-refractivity contribution in [3.05, 3.63) is 92.3 Å². The third kappa shape index (κ3) is 17.5. The van der Waals surface area contributed by atoms with Crippen LogP contribution in [0.15, 0.2) is 60.9 Å². The smallest absolute Gasteiger partial charge is 0.405 e. The van der Waals surface area contributed by atoms with E-state index in [1.807, 2.05) is 0 Å². The number of aromatic nitrogens is 4. The predicted molar refractivity (Wildman–Crippen MR) is 257 cm³/mol. The number of Topliss-reactive ketones (excluding diaryl/α,β-unsaturated/α-hetero) is 1. The standard InChI is InChI=1S/C22H27F3N6O4.C22H25F3N6O4.CH2Cl2/c2*23-22(24,25)35-19-4-2-1-3-15(19)10-27-21-28-11-18(31(33)34)20(29-21)26-9-14-5-7-16(8-6-14)30-12-17(32)13-30;2-1-3/h1-4,11,14,16-17,32H,5-10,12-13H2,(H2,26,27,28,29);1-4,11,14,16H,5-10,12-13H2,(H2,26,27,28,29);1H2. The van der Waals surface area contributed by atoms with E-state index >= 15 is 0 Å². The van der Waals surface area contributed by atoms with Crippen LogP contribution in [-0.4, -0.2) is 126 Å². The Morgan fingerprint density at radius 2 is 1.03 bits per heavy atom. The second kappa shape index (κ2) is 26.2. The number of nitro groups is 2. The molecule has 4 aromatic rings. The van der Waals surface area contributed by atoms with Crippen LogP contribution >= 0.6 is 23.2 Å². The first kappa shape index (κ1) is 56.2. The normalized spacial score (nSPS) is 20.4. The van der Waals surface area contributed by atoms with Gasteiger partial charge in [-0.15, -0.1) is 49.5 Å². The minimum atomic E-state index is -4.83. The van der Waals surface area contributed by atoms with Gasteiger partial charge in [-0.25, -0.2) is 9.97 Å². The Kier molecular flexibility index (Phi) is 20.2. The highest BCUT2D eigenvalue weighted by atomic mass is 35.5. The van der Waals surface area contributed by atoms with Crippen LogP contribution < -0.4 is 30.7 Å². The molecule has 398 valence electrons. The number of aliphatic hydroxyl groups is 1. The summed E-state index contributed by atoms with van der Waals surface area (Å²) in [5, 5.41) is 44.3. The Morgan fingerprint density at radius 3 is 1.38 bits per heavy atom. The summed E-state index contributed by atoms with van der Waals surface area (Å²) in [6.07, 6.45) is 0.00886. The highest BCUT2D eigenvalue weighted by Crippen LogP contribution is 2.34. The Morgan fingerprint density at radius 1 is 0.644 bits per heavy atom. The van der Waals surface area contributed by atoms with Crippen LogP contribution in [0.25, 0.3) is 0 Å². The van der Waals surface area contributed by atoms with E-state index in [-0.39, 0.29) is 87.8 Å². The molecule has 2 aromatic heterocycles. The maximum Gasteiger partial charge on any atom is 0.573 e. The number of para-hydroxylation sites is 2. The molecule has 4 heterocycles. The second-order valence-corrected chi connectivity index (χ2v) is 18.5. The van der Waals surface area contributed by atoms with Crippen molar-refractivity contribution in [2.75, 3.05) is 65.9 Å². The zero-order valence-corrected chi connectivity index (χ0v) is 40.6. The molecule has 0 amide bonds. The number of nitrogens with zero attached hydrogens (tertiary/aromatic N) is 8. The zero-order valence-electron chi connectivity index (χ0n) is 39.1. The van der Waals surface area contributed by atoms with E-state index < -0.39 is 22.6 Å². The highest BCUT2D eigenvalue weighted by Gasteiger charge is 2.36. The van der Waals surface area contributed by atoms with E-state index in [1.165, 1.54) is 36.4 Å². The molecule has 2 aromatic carbocycles. The van der Waals surface area contributed by atoms with Gasteiger partial charge in [-0.05, 0) is 75.3 Å². The summed E-state index contributed by atoms with van der Waals surface area (Å²) in [7, 11) is 0. The van der Waals surface area contributed by atoms with Crippen LogP contribution in [0.5, 0.6) is 11.5 Å². The van der Waals surface area contributed by atoms with Gasteiger partial charge in [0.05, 0.1) is 34.4 Å². The Labute approximate surface area is 424 Å². The number of ether oxygens (including phenoxy) is 2. The lowest BCUT2D eigenvalue weighted by molar-refractivity contribution is -0.384. The lowest BCUT2D eigenvalue weighted by Gasteiger charge is -2.44. The number of halogens is 8. The first-order valence-electron chi connectivity index (χ1n) is 23.2. The number of β-amino-alcohol motifs (C(OH)–C–C–N with tert-alkyl or cyclic N) is 1. The third-order valence-electron chi connectivity index (χ3n) is 12.6. The fraction of sp³-hybridized carbons (Fsp3) is 0.533. The largest absolute Gasteiger partial charge is 0.573 e. The zero-order chi connectivity index (χ0) is 52.7. The summed E-state index contributed by atoms with van der Waals surface area (Å²) >= 11 is 9.53. The molecule has 0 spiro atoms. The van der Waals surface area contributed by atoms with Crippen LogP contribution in [0.4, 0.5) is 61.2 Å². The summed E-state index contributed by atoms with van der Waals surface area (Å²) in [4.78, 5) is 53.7. The average molecular weight is 1080 g/mol. The Hall–Kier alpha value is -6.09. The highest BCUT2D eigenvalue weighted by molar-refractivity contribution is 6.40. The molecular weight excluding hydrogens is 1020 g/mol. The maximum absolute atomic E-state index is 12.6. The molecule has 4 aliphatic rings. The van der Waals surface area contributed by atoms with Gasteiger partial charge in [0.25, 0.3) is 0 Å². The van der Waals surface area contributed by atoms with Crippen LogP contribution in [0.1, 0.15) is 62.5 Å². The minimum absolute atomic E-state index is 0.0334. The lowest BCUT2D eigenvalue weighted by atomic mass is 9.84. The topological polar surface area (TPSA) is 248 Å². The van der Waals surface area contributed by atoms with Gasteiger partial charge >= 0.3 is 24.1 Å². The molecule has 2 saturated carbocycles. The molecule has 2 saturated heterocycles. The van der Waals surface area contributed by atoms with E-state index in [0.717, 1.165) is 76.8 Å². The second-order valence-electron chi connectivity index (χ2n) is 17.7. The molecule has 8 rings (SSSR count). The molecule has 0 radical (unpaired) electrons. The van der Waals surface area contributed by atoms with Crippen molar-refractivity contribution in [2.45, 2.75) is 95.4 Å². The number of hydrogen-bond donors (Lipinski definition) is 5. The molecule has 0 bridgehead atoms. The van der Waals surface area contributed by atoms with E-state index in [0.29, 0.717) is 50.1 Å². The van der Waals surface area contributed by atoms with Crippen molar-refractivity contribution < 1.29 is 55.6 Å². The number of carbonyl (C=O) groups excluding carboxylic acids is 1. The molecule has 2 aliphatic carbocycles. The number of rotatable bonds is 18. The van der Waals surface area contributed by atoms with E-state index in [9.17, 15) is 56.5 Å². The molecule has 0 unspecified atom stereocenters. The van der Waals surface area contributed by atoms with Crippen molar-refractivity contribution in [1.82, 2.24) is 29.7 Å². The van der Waals surface area contributed by atoms with Gasteiger partial charge in [-0.2, -0.15) is 9.97 Å². The summed E-state index contributed by atoms with van der Waals surface area (Å²) in [6.45, 7) is 3.37. The number of hydrogen-bond acceptors (Lipinski definition) is 18. The van der Waals surface area contributed by atoms with Gasteiger partial charge in [0.15, 0.2) is 5.78 Å². The van der Waals surface area contributed by atoms with Gasteiger partial charge in [-0.1, -0.05) is 36.4 Å². The molecule has 0 atom stereocenters. The van der Waals surface area contributed by atoms with Crippen molar-refractivity contribution in [2.24, 2.45) is 11.8 Å². The van der Waals surface area contributed by atoms with Crippen LogP contribution in [0, 0.1) is 32.1 Å². The quantitative estimate of drug-likeness (QED) is 0.0270. The summed E-state index contributed by atoms with van der Waals surface area (Å²) in [5.74, 6) is 0.372. The molecule has 28 heteroatoms. The van der Waals surface area contributed by atoms with Gasteiger partial charge in [-0.3, -0.25) is 34.8 Å². The number of benzene rings is 2. The Balaban J connectivity index is 0.000000226. The molecule has 4 fully saturated rings. The number of likely N-dealkylation sites (tertiary alicyclic amines) is 2. The van der Waals surface area contributed by atoms with Crippen LogP contribution in [0.2, 0.25) is 0 Å². The van der Waals surface area contributed by atoms with Gasteiger partial charge in [0.2, 0.25) is 23.5 Å². The number of aliphatic hydroxyl groups excluding tert-OH is 1. The van der Waals surface area contributed by atoms with Gasteiger partial charge in [0.1, 0.15) is 23.9 Å². The summed E-state index contributed by atoms with van der Waals surface area (Å²) in [6, 6.07) is 12.2. The number of nitrogens with one attached hydrogen (secondary N) is 4. The number of alkyl halides is 8. The molecule has 2 aliphatic heterocycles.